The van der Waals surface area contributed by atoms with E-state index in [1.54, 1.807) is 0 Å². The summed E-state index contributed by atoms with van der Waals surface area (Å²) in [5.74, 6) is 0. The van der Waals surface area contributed by atoms with Crippen LogP contribution in [0, 0.1) is 13.8 Å². The Labute approximate surface area is 99.2 Å². The van der Waals surface area contributed by atoms with Crippen molar-refractivity contribution in [3.8, 4) is 0 Å². The van der Waals surface area contributed by atoms with Crippen LogP contribution in [0.3, 0.4) is 0 Å². The summed E-state index contributed by atoms with van der Waals surface area (Å²) in [5, 5.41) is 7.99. The van der Waals surface area contributed by atoms with Crippen LogP contribution in [-0.2, 0) is 13.0 Å². The molecule has 0 aliphatic carbocycles. The van der Waals surface area contributed by atoms with Gasteiger partial charge in [-0.3, -0.25) is 4.68 Å². The van der Waals surface area contributed by atoms with Crippen LogP contribution in [0.25, 0.3) is 0 Å². The lowest BCUT2D eigenvalue weighted by Gasteiger charge is -2.08. The van der Waals surface area contributed by atoms with Crippen LogP contribution in [0.5, 0.6) is 0 Å². The van der Waals surface area contributed by atoms with E-state index >= 15 is 0 Å². The first-order valence-electron chi connectivity index (χ1n) is 6.32. The lowest BCUT2D eigenvalue weighted by molar-refractivity contribution is 0.569. The van der Waals surface area contributed by atoms with Crippen molar-refractivity contribution >= 4 is 0 Å². The Hall–Kier alpha value is -0.830. The van der Waals surface area contributed by atoms with Crippen molar-refractivity contribution in [1.29, 1.82) is 0 Å². The second kappa shape index (κ2) is 6.04. The summed E-state index contributed by atoms with van der Waals surface area (Å²) in [6, 6.07) is 0.584. The van der Waals surface area contributed by atoms with Crippen LogP contribution < -0.4 is 5.32 Å². The SMILES string of the molecule is CCn1nc(C)c(CCCNC(C)C)c1C. The smallest absolute Gasteiger partial charge is 0.0628 e. The largest absolute Gasteiger partial charge is 0.315 e. The number of aromatic nitrogens is 2. The van der Waals surface area contributed by atoms with E-state index in [-0.39, 0.29) is 0 Å². The Kier molecular flexibility index (Phi) is 5.00. The Morgan fingerprint density at radius 2 is 2.00 bits per heavy atom. The Morgan fingerprint density at radius 1 is 1.31 bits per heavy atom. The first-order chi connectivity index (χ1) is 7.56. The summed E-state index contributed by atoms with van der Waals surface area (Å²) >= 11 is 0. The van der Waals surface area contributed by atoms with Gasteiger partial charge in [-0.2, -0.15) is 5.10 Å². The second-order valence-electron chi connectivity index (χ2n) is 4.68. The molecule has 0 fully saturated rings. The molecular formula is C13H25N3. The minimum atomic E-state index is 0.584. The molecule has 1 heterocycles. The van der Waals surface area contributed by atoms with E-state index in [9.17, 15) is 0 Å². The Balaban J connectivity index is 2.50. The van der Waals surface area contributed by atoms with Crippen molar-refractivity contribution in [2.24, 2.45) is 0 Å². The van der Waals surface area contributed by atoms with E-state index in [0.717, 1.165) is 19.5 Å². The summed E-state index contributed by atoms with van der Waals surface area (Å²) in [4.78, 5) is 0. The van der Waals surface area contributed by atoms with Gasteiger partial charge in [-0.05, 0) is 45.7 Å². The van der Waals surface area contributed by atoms with E-state index in [0.29, 0.717) is 6.04 Å². The molecule has 0 saturated carbocycles. The van der Waals surface area contributed by atoms with E-state index in [1.807, 2.05) is 0 Å². The number of rotatable bonds is 6. The van der Waals surface area contributed by atoms with Crippen molar-refractivity contribution in [2.45, 2.75) is 60.0 Å². The third-order valence-corrected chi connectivity index (χ3v) is 2.99. The van der Waals surface area contributed by atoms with E-state index in [4.69, 9.17) is 0 Å². The molecule has 0 aromatic carbocycles. The van der Waals surface area contributed by atoms with Gasteiger partial charge in [-0.15, -0.1) is 0 Å². The minimum absolute atomic E-state index is 0.584. The van der Waals surface area contributed by atoms with Crippen molar-refractivity contribution < 1.29 is 0 Å². The van der Waals surface area contributed by atoms with Crippen LogP contribution in [0.15, 0.2) is 0 Å². The van der Waals surface area contributed by atoms with Crippen molar-refractivity contribution in [3.05, 3.63) is 17.0 Å². The third kappa shape index (κ3) is 3.34. The highest BCUT2D eigenvalue weighted by Crippen LogP contribution is 2.14. The van der Waals surface area contributed by atoms with Gasteiger partial charge in [0.15, 0.2) is 0 Å². The van der Waals surface area contributed by atoms with Gasteiger partial charge in [-0.25, -0.2) is 0 Å². The minimum Gasteiger partial charge on any atom is -0.315 e. The van der Waals surface area contributed by atoms with Gasteiger partial charge >= 0.3 is 0 Å². The molecule has 3 nitrogen and oxygen atoms in total. The van der Waals surface area contributed by atoms with Crippen LogP contribution in [-0.4, -0.2) is 22.4 Å². The standard InChI is InChI=1S/C13H25N3/c1-6-16-12(5)13(11(4)15-16)8-7-9-14-10(2)3/h10,14H,6-9H2,1-5H3. The second-order valence-corrected chi connectivity index (χ2v) is 4.68. The lowest BCUT2D eigenvalue weighted by Crippen LogP contribution is -2.24. The molecule has 0 radical (unpaired) electrons. The predicted octanol–water partition coefficient (Wildman–Crippen LogP) is 2.45. The zero-order valence-electron chi connectivity index (χ0n) is 11.3. The van der Waals surface area contributed by atoms with Crippen LogP contribution in [0.1, 0.15) is 44.1 Å². The van der Waals surface area contributed by atoms with E-state index in [2.05, 4.69) is 49.7 Å². The molecule has 0 spiro atoms. The molecule has 0 saturated heterocycles. The fourth-order valence-corrected chi connectivity index (χ4v) is 2.06. The number of hydrogen-bond donors (Lipinski definition) is 1. The van der Waals surface area contributed by atoms with Gasteiger partial charge in [0.25, 0.3) is 0 Å². The quantitative estimate of drug-likeness (QED) is 0.751. The first kappa shape index (κ1) is 13.2. The molecule has 0 atom stereocenters. The molecule has 0 aliphatic rings. The molecule has 1 aromatic rings. The fourth-order valence-electron chi connectivity index (χ4n) is 2.06. The van der Waals surface area contributed by atoms with Crippen LogP contribution in [0.2, 0.25) is 0 Å². The van der Waals surface area contributed by atoms with Crippen molar-refractivity contribution in [1.82, 2.24) is 15.1 Å². The molecule has 1 N–H and O–H groups in total. The summed E-state index contributed by atoms with van der Waals surface area (Å²) in [6.45, 7) is 12.9. The monoisotopic (exact) mass is 223 g/mol. The molecule has 0 aliphatic heterocycles. The fraction of sp³-hybridized carbons (Fsp3) is 0.769. The van der Waals surface area contributed by atoms with E-state index in [1.165, 1.54) is 23.4 Å². The summed E-state index contributed by atoms with van der Waals surface area (Å²) in [7, 11) is 0. The molecule has 0 unspecified atom stereocenters. The topological polar surface area (TPSA) is 29.9 Å². The summed E-state index contributed by atoms with van der Waals surface area (Å²) in [6.07, 6.45) is 2.33. The van der Waals surface area contributed by atoms with Gasteiger partial charge in [-0.1, -0.05) is 13.8 Å². The van der Waals surface area contributed by atoms with Gasteiger partial charge in [0.1, 0.15) is 0 Å². The highest BCUT2D eigenvalue weighted by molar-refractivity contribution is 5.24. The van der Waals surface area contributed by atoms with Gasteiger partial charge in [0, 0.05) is 18.3 Å². The van der Waals surface area contributed by atoms with Gasteiger partial charge in [0.2, 0.25) is 0 Å². The summed E-state index contributed by atoms with van der Waals surface area (Å²) in [5.41, 5.74) is 3.97. The molecule has 16 heavy (non-hydrogen) atoms. The van der Waals surface area contributed by atoms with Gasteiger partial charge in [0.05, 0.1) is 5.69 Å². The molecular weight excluding hydrogens is 198 g/mol. The number of aryl methyl sites for hydroxylation is 2. The Morgan fingerprint density at radius 3 is 2.50 bits per heavy atom. The predicted molar refractivity (Wildman–Crippen MR) is 68.8 cm³/mol. The number of nitrogens with one attached hydrogen (secondary N) is 1. The maximum atomic E-state index is 4.54. The van der Waals surface area contributed by atoms with Crippen molar-refractivity contribution in [2.75, 3.05) is 6.54 Å². The average molecular weight is 223 g/mol. The highest BCUT2D eigenvalue weighted by Gasteiger charge is 2.09. The summed E-state index contributed by atoms with van der Waals surface area (Å²) < 4.78 is 2.10. The molecule has 92 valence electrons. The molecule has 3 heteroatoms. The lowest BCUT2D eigenvalue weighted by atomic mass is 10.1. The third-order valence-electron chi connectivity index (χ3n) is 2.99. The van der Waals surface area contributed by atoms with Crippen molar-refractivity contribution in [3.63, 3.8) is 0 Å². The zero-order chi connectivity index (χ0) is 12.1. The molecule has 1 rings (SSSR count). The molecule has 0 bridgehead atoms. The zero-order valence-corrected chi connectivity index (χ0v) is 11.3. The molecule has 1 aromatic heterocycles. The van der Waals surface area contributed by atoms with Crippen LogP contribution in [0.4, 0.5) is 0 Å². The van der Waals surface area contributed by atoms with Crippen LogP contribution >= 0.6 is 0 Å². The number of nitrogens with zero attached hydrogens (tertiary/aromatic N) is 2. The van der Waals surface area contributed by atoms with E-state index < -0.39 is 0 Å². The maximum Gasteiger partial charge on any atom is 0.0628 e. The maximum absolute atomic E-state index is 4.54. The normalized spacial score (nSPS) is 11.4. The number of hydrogen-bond acceptors (Lipinski definition) is 2. The average Bonchev–Trinajstić information content (AvgIpc) is 2.50. The Bertz CT molecular complexity index is 326. The highest BCUT2D eigenvalue weighted by atomic mass is 15.3. The molecule has 0 amide bonds. The first-order valence-corrected chi connectivity index (χ1v) is 6.32. The van der Waals surface area contributed by atoms with Gasteiger partial charge < -0.3 is 5.32 Å².